The number of anilines is 1. The molecular weight excluding hydrogens is 456 g/mol. The van der Waals surface area contributed by atoms with Crippen LogP contribution in [-0.2, 0) is 6.54 Å². The molecule has 0 unspecified atom stereocenters. The van der Waals surface area contributed by atoms with Crippen LogP contribution in [0.25, 0.3) is 28.2 Å². The zero-order valence-corrected chi connectivity index (χ0v) is 19.2. The highest BCUT2D eigenvalue weighted by Gasteiger charge is 2.23. The Kier molecular flexibility index (Phi) is 6.36. The van der Waals surface area contributed by atoms with Crippen LogP contribution in [0.15, 0.2) is 36.8 Å². The molecule has 4 aromatic rings. The van der Waals surface area contributed by atoms with E-state index in [4.69, 9.17) is 10.5 Å². The van der Waals surface area contributed by atoms with Gasteiger partial charge in [0.25, 0.3) is 0 Å². The van der Waals surface area contributed by atoms with Crippen LogP contribution in [0.3, 0.4) is 0 Å². The van der Waals surface area contributed by atoms with Gasteiger partial charge in [-0.15, -0.1) is 5.10 Å². The van der Waals surface area contributed by atoms with E-state index in [2.05, 4.69) is 37.8 Å². The molecular formula is C23H25F2N9O. The molecule has 1 fully saturated rings. The lowest BCUT2D eigenvalue weighted by Gasteiger charge is -2.14. The Hall–Kier alpha value is -3.93. The normalized spacial score (nSPS) is 15.6. The van der Waals surface area contributed by atoms with Crippen molar-refractivity contribution >= 4 is 5.82 Å². The molecule has 0 radical (unpaired) electrons. The molecule has 1 atom stereocenters. The third-order valence-electron chi connectivity index (χ3n) is 5.94. The molecule has 182 valence electrons. The second-order valence-electron chi connectivity index (χ2n) is 8.44. The van der Waals surface area contributed by atoms with Gasteiger partial charge in [0.2, 0.25) is 5.82 Å². The number of hydrogen-bond donors (Lipinski definition) is 2. The molecule has 1 aliphatic heterocycles. The second kappa shape index (κ2) is 9.74. The van der Waals surface area contributed by atoms with E-state index in [0.29, 0.717) is 12.2 Å². The fourth-order valence-corrected chi connectivity index (χ4v) is 4.05. The van der Waals surface area contributed by atoms with Gasteiger partial charge in [-0.05, 0) is 48.0 Å². The topological polar surface area (TPSA) is 122 Å². The SMILES string of the molecule is CCCn1cc(-c2cnc(N)c(-c3nnnn3-c3ccc(OC[C@H]4CCNC4)c(F)c3F)c2)cn1. The summed E-state index contributed by atoms with van der Waals surface area (Å²) in [6, 6.07) is 4.50. The standard InChI is InChI=1S/C23H25F2N9O/c1-2-7-33-12-16(11-29-33)15-8-17(22(26)28-10-15)23-30-31-32-34(23)18-3-4-19(21(25)20(18)24)35-13-14-5-6-27-9-14/h3-4,8,10-12,14,27H,2,5-7,9,13H2,1H3,(H2,26,28)/t14-/m0/s1. The zero-order valence-electron chi connectivity index (χ0n) is 19.2. The summed E-state index contributed by atoms with van der Waals surface area (Å²) >= 11 is 0. The molecule has 4 heterocycles. The van der Waals surface area contributed by atoms with Gasteiger partial charge in [-0.2, -0.15) is 14.2 Å². The monoisotopic (exact) mass is 481 g/mol. The van der Waals surface area contributed by atoms with Crippen LogP contribution >= 0.6 is 0 Å². The first kappa shape index (κ1) is 22.8. The van der Waals surface area contributed by atoms with Gasteiger partial charge >= 0.3 is 0 Å². The second-order valence-corrected chi connectivity index (χ2v) is 8.44. The van der Waals surface area contributed by atoms with Crippen molar-refractivity contribution in [2.24, 2.45) is 5.92 Å². The van der Waals surface area contributed by atoms with Gasteiger partial charge in [-0.3, -0.25) is 4.68 Å². The summed E-state index contributed by atoms with van der Waals surface area (Å²) in [7, 11) is 0. The van der Waals surface area contributed by atoms with Gasteiger partial charge in [-0.1, -0.05) is 6.92 Å². The molecule has 5 rings (SSSR count). The molecule has 12 heteroatoms. The molecule has 1 aliphatic rings. The number of halogens is 2. The van der Waals surface area contributed by atoms with Crippen LogP contribution in [0.2, 0.25) is 0 Å². The van der Waals surface area contributed by atoms with Crippen molar-refractivity contribution in [3.63, 3.8) is 0 Å². The summed E-state index contributed by atoms with van der Waals surface area (Å²) in [6.45, 7) is 4.85. The van der Waals surface area contributed by atoms with E-state index in [1.807, 2.05) is 10.9 Å². The lowest BCUT2D eigenvalue weighted by atomic mass is 10.1. The van der Waals surface area contributed by atoms with E-state index in [0.717, 1.165) is 48.3 Å². The number of tetrazole rings is 1. The first-order valence-corrected chi connectivity index (χ1v) is 11.4. The Morgan fingerprint density at radius 3 is 2.89 bits per heavy atom. The zero-order chi connectivity index (χ0) is 24.4. The summed E-state index contributed by atoms with van der Waals surface area (Å²) in [5, 5.41) is 19.1. The predicted octanol–water partition coefficient (Wildman–Crippen LogP) is 2.85. The lowest BCUT2D eigenvalue weighted by Crippen LogP contribution is -2.16. The fourth-order valence-electron chi connectivity index (χ4n) is 4.05. The summed E-state index contributed by atoms with van der Waals surface area (Å²) in [6.07, 6.45) is 7.13. The highest BCUT2D eigenvalue weighted by Crippen LogP contribution is 2.31. The molecule has 0 bridgehead atoms. The fraction of sp³-hybridized carbons (Fsp3) is 0.348. The number of nitrogens with two attached hydrogens (primary N) is 1. The molecule has 1 saturated heterocycles. The minimum absolute atomic E-state index is 0.127. The first-order chi connectivity index (χ1) is 17.0. The van der Waals surface area contributed by atoms with Gasteiger partial charge in [0, 0.05) is 42.5 Å². The van der Waals surface area contributed by atoms with Crippen LogP contribution in [0, 0.1) is 17.6 Å². The largest absolute Gasteiger partial charge is 0.490 e. The third kappa shape index (κ3) is 4.56. The number of aryl methyl sites for hydroxylation is 1. The number of rotatable bonds is 8. The molecule has 0 aliphatic carbocycles. The summed E-state index contributed by atoms with van der Waals surface area (Å²) < 4.78 is 38.4. The van der Waals surface area contributed by atoms with Crippen molar-refractivity contribution in [2.75, 3.05) is 25.4 Å². The highest BCUT2D eigenvalue weighted by atomic mass is 19.2. The Morgan fingerprint density at radius 1 is 1.20 bits per heavy atom. The van der Waals surface area contributed by atoms with E-state index in [1.165, 1.54) is 12.1 Å². The summed E-state index contributed by atoms with van der Waals surface area (Å²) in [5.41, 5.74) is 7.90. The van der Waals surface area contributed by atoms with Crippen molar-refractivity contribution in [3.05, 3.63) is 48.4 Å². The number of nitrogen functional groups attached to an aromatic ring is 1. The highest BCUT2D eigenvalue weighted by molar-refractivity contribution is 5.76. The molecule has 0 spiro atoms. The van der Waals surface area contributed by atoms with Crippen molar-refractivity contribution in [3.8, 4) is 34.0 Å². The van der Waals surface area contributed by atoms with Crippen LogP contribution < -0.4 is 15.8 Å². The minimum Gasteiger partial charge on any atom is -0.490 e. The molecule has 0 saturated carbocycles. The van der Waals surface area contributed by atoms with Crippen LogP contribution in [0.5, 0.6) is 5.75 Å². The molecule has 0 amide bonds. The first-order valence-electron chi connectivity index (χ1n) is 11.4. The maximum absolute atomic E-state index is 15.1. The Bertz CT molecular complexity index is 1330. The van der Waals surface area contributed by atoms with E-state index in [9.17, 15) is 4.39 Å². The quantitative estimate of drug-likeness (QED) is 0.394. The number of nitrogens with one attached hydrogen (secondary N) is 1. The summed E-state index contributed by atoms with van der Waals surface area (Å²) in [5.74, 6) is -1.83. The number of benzene rings is 1. The van der Waals surface area contributed by atoms with E-state index in [1.54, 1.807) is 18.5 Å². The number of nitrogens with zero attached hydrogens (tertiary/aromatic N) is 7. The average Bonchev–Trinajstić information content (AvgIpc) is 3.63. The van der Waals surface area contributed by atoms with E-state index in [-0.39, 0.29) is 29.0 Å². The molecule has 1 aromatic carbocycles. The van der Waals surface area contributed by atoms with Gasteiger partial charge < -0.3 is 15.8 Å². The van der Waals surface area contributed by atoms with Crippen molar-refractivity contribution < 1.29 is 13.5 Å². The Labute approximate surface area is 200 Å². The van der Waals surface area contributed by atoms with Gasteiger partial charge in [-0.25, -0.2) is 9.37 Å². The molecule has 35 heavy (non-hydrogen) atoms. The van der Waals surface area contributed by atoms with Crippen molar-refractivity contribution in [2.45, 2.75) is 26.3 Å². The maximum atomic E-state index is 15.1. The molecule has 3 aromatic heterocycles. The van der Waals surface area contributed by atoms with Crippen LogP contribution in [0.4, 0.5) is 14.6 Å². The van der Waals surface area contributed by atoms with E-state index < -0.39 is 11.6 Å². The van der Waals surface area contributed by atoms with Crippen molar-refractivity contribution in [1.82, 2.24) is 40.3 Å². The minimum atomic E-state index is -1.12. The molecule has 3 N–H and O–H groups in total. The smallest absolute Gasteiger partial charge is 0.202 e. The number of ether oxygens (including phenoxy) is 1. The van der Waals surface area contributed by atoms with E-state index >= 15 is 4.39 Å². The van der Waals surface area contributed by atoms with Gasteiger partial charge in [0.05, 0.1) is 18.4 Å². The number of pyridine rings is 1. The maximum Gasteiger partial charge on any atom is 0.202 e. The molecule has 10 nitrogen and oxygen atoms in total. The third-order valence-corrected chi connectivity index (χ3v) is 5.94. The Morgan fingerprint density at radius 2 is 2.09 bits per heavy atom. The average molecular weight is 482 g/mol. The van der Waals surface area contributed by atoms with Crippen LogP contribution in [0.1, 0.15) is 19.8 Å². The number of hydrogen-bond acceptors (Lipinski definition) is 8. The summed E-state index contributed by atoms with van der Waals surface area (Å²) in [4.78, 5) is 4.26. The van der Waals surface area contributed by atoms with Crippen molar-refractivity contribution in [1.29, 1.82) is 0 Å². The van der Waals surface area contributed by atoms with Gasteiger partial charge in [0.1, 0.15) is 11.5 Å². The number of aromatic nitrogens is 7. The Balaban J connectivity index is 1.46. The predicted molar refractivity (Wildman–Crippen MR) is 125 cm³/mol. The van der Waals surface area contributed by atoms with Gasteiger partial charge in [0.15, 0.2) is 17.4 Å². The lowest BCUT2D eigenvalue weighted by molar-refractivity contribution is 0.246. The van der Waals surface area contributed by atoms with Crippen LogP contribution in [-0.4, -0.2) is 54.7 Å².